The summed E-state index contributed by atoms with van der Waals surface area (Å²) in [5, 5.41) is 3.26. The fourth-order valence-corrected chi connectivity index (χ4v) is 3.85. The van der Waals surface area contributed by atoms with Crippen LogP contribution in [0.4, 0.5) is 0 Å². The van der Waals surface area contributed by atoms with Gasteiger partial charge in [0.25, 0.3) is 0 Å². The van der Waals surface area contributed by atoms with Crippen molar-refractivity contribution in [3.63, 3.8) is 0 Å². The number of furan rings is 1. The van der Waals surface area contributed by atoms with Gasteiger partial charge in [-0.15, -0.1) is 11.3 Å². The van der Waals surface area contributed by atoms with E-state index in [2.05, 4.69) is 35.4 Å². The normalized spacial score (nSPS) is 11.2. The van der Waals surface area contributed by atoms with Crippen LogP contribution in [0.5, 0.6) is 0 Å². The molecule has 0 unspecified atom stereocenters. The van der Waals surface area contributed by atoms with E-state index in [1.54, 1.807) is 23.1 Å². The Morgan fingerprint density at radius 2 is 2.05 bits per heavy atom. The summed E-state index contributed by atoms with van der Waals surface area (Å²) in [4.78, 5) is 4.61. The summed E-state index contributed by atoms with van der Waals surface area (Å²) in [7, 11) is 0. The summed E-state index contributed by atoms with van der Waals surface area (Å²) < 4.78 is 8.11. The third-order valence-corrected chi connectivity index (χ3v) is 5.08. The minimum atomic E-state index is 0.794. The number of nitrogens with one attached hydrogen (secondary N) is 1. The molecule has 0 aliphatic heterocycles. The molecule has 1 aromatic carbocycles. The second kappa shape index (κ2) is 6.43. The van der Waals surface area contributed by atoms with Gasteiger partial charge in [-0.3, -0.25) is 0 Å². The first kappa shape index (κ1) is 13.7. The summed E-state index contributed by atoms with van der Waals surface area (Å²) in [6, 6.07) is 12.3. The van der Waals surface area contributed by atoms with E-state index in [4.69, 9.17) is 4.42 Å². The summed E-state index contributed by atoms with van der Waals surface area (Å²) in [6.07, 6.45) is 0. The van der Waals surface area contributed by atoms with Crippen molar-refractivity contribution in [2.45, 2.75) is 23.6 Å². The van der Waals surface area contributed by atoms with Gasteiger partial charge < -0.3 is 9.73 Å². The van der Waals surface area contributed by atoms with Crippen LogP contribution in [0.15, 0.2) is 45.2 Å². The van der Waals surface area contributed by atoms with Gasteiger partial charge in [0, 0.05) is 0 Å². The molecule has 0 atom stereocenters. The summed E-state index contributed by atoms with van der Waals surface area (Å²) in [5.74, 6) is 2.82. The monoisotopic (exact) mass is 304 g/mol. The van der Waals surface area contributed by atoms with Crippen molar-refractivity contribution in [2.24, 2.45) is 0 Å². The number of thioether (sulfide) groups is 1. The average Bonchev–Trinajstić information content (AvgIpc) is 3.09. The van der Waals surface area contributed by atoms with Crippen LogP contribution in [-0.2, 0) is 12.3 Å². The smallest absolute Gasteiger partial charge is 0.151 e. The van der Waals surface area contributed by atoms with Gasteiger partial charge in [-0.05, 0) is 30.8 Å². The van der Waals surface area contributed by atoms with Crippen molar-refractivity contribution in [2.75, 3.05) is 6.54 Å². The van der Waals surface area contributed by atoms with Crippen molar-refractivity contribution in [3.05, 3.63) is 47.9 Å². The molecule has 0 saturated carbocycles. The molecule has 0 radical (unpaired) electrons. The van der Waals surface area contributed by atoms with Gasteiger partial charge in [-0.25, -0.2) is 4.98 Å². The van der Waals surface area contributed by atoms with Crippen LogP contribution >= 0.6 is 23.1 Å². The zero-order chi connectivity index (χ0) is 13.8. The van der Waals surface area contributed by atoms with E-state index in [0.29, 0.717) is 0 Å². The van der Waals surface area contributed by atoms with E-state index in [9.17, 15) is 0 Å². The predicted octanol–water partition coefficient (Wildman–Crippen LogP) is 4.29. The molecule has 0 aliphatic rings. The molecule has 0 amide bonds. The molecule has 0 fully saturated rings. The van der Waals surface area contributed by atoms with Crippen molar-refractivity contribution >= 4 is 33.3 Å². The molecule has 0 saturated heterocycles. The number of benzene rings is 1. The van der Waals surface area contributed by atoms with Gasteiger partial charge in [0.15, 0.2) is 4.34 Å². The summed E-state index contributed by atoms with van der Waals surface area (Å²) in [5.41, 5.74) is 1.08. The van der Waals surface area contributed by atoms with E-state index in [0.717, 1.165) is 40.2 Å². The first-order valence-corrected chi connectivity index (χ1v) is 8.42. The standard InChI is InChI=1S/C15H16N2OS2/c1-2-16-9-11-7-8-12(18-11)10-19-15-17-13-5-3-4-6-14(13)20-15/h3-8,16H,2,9-10H2,1H3. The second-order valence-electron chi connectivity index (χ2n) is 4.38. The molecule has 3 nitrogen and oxygen atoms in total. The molecule has 0 spiro atoms. The summed E-state index contributed by atoms with van der Waals surface area (Å²) >= 11 is 3.46. The van der Waals surface area contributed by atoms with Gasteiger partial charge in [-0.2, -0.15) is 0 Å². The fraction of sp³-hybridized carbons (Fsp3) is 0.267. The molecule has 3 aromatic rings. The first-order chi connectivity index (χ1) is 9.85. The first-order valence-electron chi connectivity index (χ1n) is 6.62. The molecule has 20 heavy (non-hydrogen) atoms. The average molecular weight is 304 g/mol. The quantitative estimate of drug-likeness (QED) is 0.689. The van der Waals surface area contributed by atoms with Gasteiger partial charge in [0.05, 0.1) is 22.5 Å². The Hall–Kier alpha value is -1.30. The maximum atomic E-state index is 5.78. The van der Waals surface area contributed by atoms with Crippen LogP contribution in [0.2, 0.25) is 0 Å². The highest BCUT2D eigenvalue weighted by Crippen LogP contribution is 2.31. The maximum Gasteiger partial charge on any atom is 0.151 e. The van der Waals surface area contributed by atoms with Crippen LogP contribution < -0.4 is 5.32 Å². The minimum Gasteiger partial charge on any atom is -0.464 e. The van der Waals surface area contributed by atoms with E-state index < -0.39 is 0 Å². The highest BCUT2D eigenvalue weighted by atomic mass is 32.2. The number of rotatable bonds is 6. The van der Waals surface area contributed by atoms with Crippen LogP contribution in [0.25, 0.3) is 10.2 Å². The predicted molar refractivity (Wildman–Crippen MR) is 85.3 cm³/mol. The largest absolute Gasteiger partial charge is 0.464 e. The third kappa shape index (κ3) is 3.23. The molecule has 2 aromatic heterocycles. The van der Waals surface area contributed by atoms with Gasteiger partial charge >= 0.3 is 0 Å². The van der Waals surface area contributed by atoms with Gasteiger partial charge in [-0.1, -0.05) is 30.8 Å². The van der Waals surface area contributed by atoms with Crippen molar-refractivity contribution < 1.29 is 4.42 Å². The Labute approximate surface area is 126 Å². The lowest BCUT2D eigenvalue weighted by molar-refractivity contribution is 0.463. The lowest BCUT2D eigenvalue weighted by Gasteiger charge is -1.97. The molecule has 104 valence electrons. The van der Waals surface area contributed by atoms with Gasteiger partial charge in [0.1, 0.15) is 11.5 Å². The number of fused-ring (bicyclic) bond motifs is 1. The van der Waals surface area contributed by atoms with Crippen molar-refractivity contribution in [1.82, 2.24) is 10.3 Å². The van der Waals surface area contributed by atoms with Crippen LogP contribution in [0, 0.1) is 0 Å². The zero-order valence-corrected chi connectivity index (χ0v) is 12.9. The lowest BCUT2D eigenvalue weighted by Crippen LogP contribution is -2.10. The topological polar surface area (TPSA) is 38.1 Å². The zero-order valence-electron chi connectivity index (χ0n) is 11.3. The van der Waals surface area contributed by atoms with Crippen LogP contribution in [-0.4, -0.2) is 11.5 Å². The second-order valence-corrected chi connectivity index (χ2v) is 6.64. The molecule has 0 aliphatic carbocycles. The van der Waals surface area contributed by atoms with Crippen molar-refractivity contribution in [3.8, 4) is 0 Å². The fourth-order valence-electron chi connectivity index (χ4n) is 1.89. The minimum absolute atomic E-state index is 0.794. The summed E-state index contributed by atoms with van der Waals surface area (Å²) in [6.45, 7) is 3.84. The Bertz CT molecular complexity index is 657. The van der Waals surface area contributed by atoms with E-state index in [-0.39, 0.29) is 0 Å². The number of thiazole rings is 1. The lowest BCUT2D eigenvalue weighted by atomic mass is 10.3. The Kier molecular flexibility index (Phi) is 4.40. The Morgan fingerprint density at radius 1 is 1.20 bits per heavy atom. The number of para-hydroxylation sites is 1. The molecule has 5 heteroatoms. The SMILES string of the molecule is CCNCc1ccc(CSc2nc3ccccc3s2)o1. The van der Waals surface area contributed by atoms with Crippen LogP contribution in [0.3, 0.4) is 0 Å². The third-order valence-electron chi connectivity index (χ3n) is 2.88. The molecule has 2 heterocycles. The molecule has 3 rings (SSSR count). The maximum absolute atomic E-state index is 5.78. The van der Waals surface area contributed by atoms with E-state index in [1.165, 1.54) is 4.70 Å². The molecule has 1 N–H and O–H groups in total. The van der Waals surface area contributed by atoms with Gasteiger partial charge in [0.2, 0.25) is 0 Å². The highest BCUT2D eigenvalue weighted by molar-refractivity contribution is 8.00. The molecular weight excluding hydrogens is 288 g/mol. The molecule has 0 bridgehead atoms. The Balaban J connectivity index is 1.62. The Morgan fingerprint density at radius 3 is 2.90 bits per heavy atom. The number of hydrogen-bond donors (Lipinski definition) is 1. The number of aromatic nitrogens is 1. The van der Waals surface area contributed by atoms with Crippen LogP contribution in [0.1, 0.15) is 18.4 Å². The van der Waals surface area contributed by atoms with E-state index in [1.807, 2.05) is 18.2 Å². The highest BCUT2D eigenvalue weighted by Gasteiger charge is 2.06. The number of hydrogen-bond acceptors (Lipinski definition) is 5. The molecular formula is C15H16N2OS2. The number of nitrogens with zero attached hydrogens (tertiary/aromatic N) is 1. The van der Waals surface area contributed by atoms with Crippen molar-refractivity contribution in [1.29, 1.82) is 0 Å². The van der Waals surface area contributed by atoms with E-state index >= 15 is 0 Å².